The maximum absolute atomic E-state index is 13.1. The summed E-state index contributed by atoms with van der Waals surface area (Å²) >= 11 is 0. The van der Waals surface area contributed by atoms with Crippen LogP contribution in [-0.4, -0.2) is 36.8 Å². The molecule has 0 aliphatic heterocycles. The average molecular weight is 388 g/mol. The van der Waals surface area contributed by atoms with Gasteiger partial charge in [-0.15, -0.1) is 0 Å². The summed E-state index contributed by atoms with van der Waals surface area (Å²) in [4.78, 5) is 4.57. The summed E-state index contributed by atoms with van der Waals surface area (Å²) in [6.07, 6.45) is 3.32. The van der Waals surface area contributed by atoms with E-state index < -0.39 is 14.6 Å². The van der Waals surface area contributed by atoms with Crippen LogP contribution in [0.3, 0.4) is 0 Å². The van der Waals surface area contributed by atoms with Crippen LogP contribution in [0, 0.1) is 6.92 Å². The van der Waals surface area contributed by atoms with Gasteiger partial charge in [-0.1, -0.05) is 0 Å². The van der Waals surface area contributed by atoms with Gasteiger partial charge in [0.05, 0.1) is 30.9 Å². The quantitative estimate of drug-likeness (QED) is 0.678. The highest BCUT2D eigenvalue weighted by Crippen LogP contribution is 2.35. The van der Waals surface area contributed by atoms with Crippen LogP contribution in [0.2, 0.25) is 0 Å². The Kier molecular flexibility index (Phi) is 4.67. The minimum absolute atomic E-state index is 0.148. The largest absolute Gasteiger partial charge is 0.496 e. The van der Waals surface area contributed by atoms with Crippen molar-refractivity contribution in [2.24, 2.45) is 0 Å². The summed E-state index contributed by atoms with van der Waals surface area (Å²) < 4.78 is 37.6. The van der Waals surface area contributed by atoms with Crippen molar-refractivity contribution in [3.8, 4) is 22.8 Å². The van der Waals surface area contributed by atoms with Crippen molar-refractivity contribution in [2.75, 3.05) is 14.2 Å². The Labute approximate surface area is 159 Å². The van der Waals surface area contributed by atoms with E-state index in [1.807, 2.05) is 25.1 Å². The Morgan fingerprint density at radius 1 is 1.04 bits per heavy atom. The maximum atomic E-state index is 13.1. The summed E-state index contributed by atoms with van der Waals surface area (Å²) in [5.74, 6) is 1.09. The lowest BCUT2D eigenvalue weighted by atomic mass is 10.1. The maximum Gasteiger partial charge on any atom is 0.188 e. The van der Waals surface area contributed by atoms with Crippen molar-refractivity contribution in [2.45, 2.75) is 37.3 Å². The molecule has 2 heterocycles. The van der Waals surface area contributed by atoms with E-state index in [2.05, 4.69) is 4.98 Å². The summed E-state index contributed by atoms with van der Waals surface area (Å²) in [5, 5.41) is 0. The molecule has 3 aromatic rings. The number of hydrogen-bond donors (Lipinski definition) is 0. The molecule has 27 heavy (non-hydrogen) atoms. The van der Waals surface area contributed by atoms with E-state index in [0.717, 1.165) is 22.6 Å². The smallest absolute Gasteiger partial charge is 0.188 e. The number of pyridine rings is 1. The molecule has 0 atom stereocenters. The number of rotatable bonds is 4. The zero-order valence-corrected chi connectivity index (χ0v) is 17.2. The lowest BCUT2D eigenvalue weighted by Crippen LogP contribution is -2.28. The normalized spacial score (nSPS) is 12.4. The molecule has 7 heteroatoms. The lowest BCUT2D eigenvalue weighted by Gasteiger charge is -2.21. The highest BCUT2D eigenvalue weighted by Gasteiger charge is 2.34. The molecule has 0 saturated heterocycles. The molecule has 0 spiro atoms. The van der Waals surface area contributed by atoms with Gasteiger partial charge in [-0.05, 0) is 51.5 Å². The molecule has 0 radical (unpaired) electrons. The molecule has 0 amide bonds. The molecular weight excluding hydrogens is 364 g/mol. The summed E-state index contributed by atoms with van der Waals surface area (Å²) in [7, 11) is -0.506. The number of benzene rings is 1. The molecule has 0 aliphatic carbocycles. The monoisotopic (exact) mass is 388 g/mol. The fourth-order valence-corrected chi connectivity index (χ4v) is 4.24. The third-order valence-corrected chi connectivity index (χ3v) is 7.08. The fraction of sp³-hybridized carbons (Fsp3) is 0.350. The van der Waals surface area contributed by atoms with Gasteiger partial charge in [-0.3, -0.25) is 4.40 Å². The van der Waals surface area contributed by atoms with E-state index in [1.165, 1.54) is 7.11 Å². The van der Waals surface area contributed by atoms with Crippen molar-refractivity contribution in [3.63, 3.8) is 0 Å². The number of aryl methyl sites for hydroxylation is 1. The van der Waals surface area contributed by atoms with E-state index in [1.54, 1.807) is 50.7 Å². The van der Waals surface area contributed by atoms with E-state index in [-0.39, 0.29) is 4.90 Å². The Morgan fingerprint density at radius 3 is 2.26 bits per heavy atom. The third kappa shape index (κ3) is 3.16. The zero-order chi connectivity index (χ0) is 20.0. The van der Waals surface area contributed by atoms with Crippen molar-refractivity contribution < 1.29 is 17.9 Å². The van der Waals surface area contributed by atoms with E-state index in [4.69, 9.17) is 9.47 Å². The lowest BCUT2D eigenvalue weighted by molar-refractivity contribution is 0.401. The summed E-state index contributed by atoms with van der Waals surface area (Å²) in [6.45, 7) is 6.99. The molecule has 3 rings (SSSR count). The van der Waals surface area contributed by atoms with E-state index in [9.17, 15) is 8.42 Å². The second-order valence-corrected chi connectivity index (χ2v) is 10.0. The summed E-state index contributed by atoms with van der Waals surface area (Å²) in [6, 6.07) is 7.46. The Bertz CT molecular complexity index is 1110. The van der Waals surface area contributed by atoms with Gasteiger partial charge >= 0.3 is 0 Å². The van der Waals surface area contributed by atoms with Gasteiger partial charge in [0, 0.05) is 17.8 Å². The van der Waals surface area contributed by atoms with Crippen molar-refractivity contribution >= 4 is 15.5 Å². The Morgan fingerprint density at radius 2 is 1.70 bits per heavy atom. The first-order valence-electron chi connectivity index (χ1n) is 8.55. The van der Waals surface area contributed by atoms with E-state index in [0.29, 0.717) is 11.4 Å². The predicted molar refractivity (Wildman–Crippen MR) is 105 cm³/mol. The molecular formula is C20H24N2O4S. The van der Waals surface area contributed by atoms with Crippen LogP contribution >= 0.6 is 0 Å². The minimum atomic E-state index is -3.60. The van der Waals surface area contributed by atoms with Gasteiger partial charge in [0.2, 0.25) is 0 Å². The van der Waals surface area contributed by atoms with Crippen LogP contribution in [0.5, 0.6) is 11.5 Å². The average Bonchev–Trinajstić information content (AvgIpc) is 3.02. The molecule has 0 N–H and O–H groups in total. The molecule has 0 bridgehead atoms. The van der Waals surface area contributed by atoms with Gasteiger partial charge in [0.1, 0.15) is 22.0 Å². The highest BCUT2D eigenvalue weighted by atomic mass is 32.2. The number of fused-ring (bicyclic) bond motifs is 1. The van der Waals surface area contributed by atoms with Gasteiger partial charge in [0.15, 0.2) is 9.84 Å². The molecule has 0 saturated carbocycles. The minimum Gasteiger partial charge on any atom is -0.496 e. The van der Waals surface area contributed by atoms with Crippen LogP contribution in [-0.2, 0) is 9.84 Å². The van der Waals surface area contributed by atoms with Gasteiger partial charge < -0.3 is 9.47 Å². The zero-order valence-electron chi connectivity index (χ0n) is 16.4. The number of ether oxygens (including phenoxy) is 2. The number of hydrogen-bond acceptors (Lipinski definition) is 5. The van der Waals surface area contributed by atoms with Crippen molar-refractivity contribution in [1.29, 1.82) is 0 Å². The first-order valence-corrected chi connectivity index (χ1v) is 10.0. The predicted octanol–water partition coefficient (Wildman–Crippen LogP) is 3.90. The second-order valence-electron chi connectivity index (χ2n) is 7.38. The molecule has 0 fully saturated rings. The van der Waals surface area contributed by atoms with Crippen molar-refractivity contribution in [1.82, 2.24) is 9.38 Å². The molecule has 144 valence electrons. The number of aromatic nitrogens is 2. The van der Waals surface area contributed by atoms with Crippen LogP contribution < -0.4 is 9.47 Å². The number of imidazole rings is 1. The fourth-order valence-electron chi connectivity index (χ4n) is 2.93. The Balaban J connectivity index is 2.27. The molecule has 2 aromatic heterocycles. The first-order chi connectivity index (χ1) is 12.6. The highest BCUT2D eigenvalue weighted by molar-refractivity contribution is 7.92. The Hall–Kier alpha value is -2.54. The molecule has 1 aromatic carbocycles. The van der Waals surface area contributed by atoms with Crippen LogP contribution in [0.15, 0.2) is 41.6 Å². The number of sulfone groups is 1. The molecule has 0 aliphatic rings. The standard InChI is InChI=1S/C20H24N2O4S/c1-13-9-14(7-8-16(13)25-5)15-11-21-19-10-17(26-6)18(12-22(15)19)27(23,24)20(2,3)4/h7-12H,1-6H3. The molecule has 0 unspecified atom stereocenters. The van der Waals surface area contributed by atoms with Gasteiger partial charge in [-0.25, -0.2) is 13.4 Å². The topological polar surface area (TPSA) is 69.9 Å². The molecule has 6 nitrogen and oxygen atoms in total. The van der Waals surface area contributed by atoms with Crippen LogP contribution in [0.25, 0.3) is 16.9 Å². The second kappa shape index (κ2) is 6.56. The SMILES string of the molecule is COc1ccc(-c2cnc3cc(OC)c(S(=O)(=O)C(C)(C)C)cn23)cc1C. The first kappa shape index (κ1) is 19.2. The van der Waals surface area contributed by atoms with E-state index >= 15 is 0 Å². The van der Waals surface area contributed by atoms with Gasteiger partial charge in [0.25, 0.3) is 0 Å². The van der Waals surface area contributed by atoms with Gasteiger partial charge in [-0.2, -0.15) is 0 Å². The van der Waals surface area contributed by atoms with Crippen LogP contribution in [0.4, 0.5) is 0 Å². The number of nitrogens with zero attached hydrogens (tertiary/aromatic N) is 2. The van der Waals surface area contributed by atoms with Crippen LogP contribution in [0.1, 0.15) is 26.3 Å². The third-order valence-electron chi connectivity index (χ3n) is 4.58. The number of methoxy groups -OCH3 is 2. The summed E-state index contributed by atoms with van der Waals surface area (Å²) in [5.41, 5.74) is 3.32. The van der Waals surface area contributed by atoms with Crippen molar-refractivity contribution in [3.05, 3.63) is 42.2 Å².